The number of ketones is 2. The summed E-state index contributed by atoms with van der Waals surface area (Å²) in [4.78, 5) is 23.7. The summed E-state index contributed by atoms with van der Waals surface area (Å²) in [6.07, 6.45) is 10.1. The van der Waals surface area contributed by atoms with Crippen molar-refractivity contribution < 1.29 is 14.7 Å². The highest BCUT2D eigenvalue weighted by Crippen LogP contribution is 2.32. The summed E-state index contributed by atoms with van der Waals surface area (Å²) in [5.41, 5.74) is -1.27. The summed E-state index contributed by atoms with van der Waals surface area (Å²) in [7, 11) is 0. The largest absolute Gasteiger partial charge is 0.382 e. The molecule has 3 heteroatoms. The van der Waals surface area contributed by atoms with E-state index in [1.807, 2.05) is 0 Å². The lowest BCUT2D eigenvalue weighted by molar-refractivity contribution is -0.146. The topological polar surface area (TPSA) is 54.4 Å². The van der Waals surface area contributed by atoms with E-state index in [0.717, 1.165) is 19.3 Å². The Morgan fingerprint density at radius 1 is 1.25 bits per heavy atom. The van der Waals surface area contributed by atoms with Gasteiger partial charge in [0.1, 0.15) is 11.5 Å². The second kappa shape index (κ2) is 4.34. The van der Waals surface area contributed by atoms with Crippen LogP contribution in [-0.2, 0) is 9.59 Å². The molecule has 2 aliphatic carbocycles. The van der Waals surface area contributed by atoms with Crippen LogP contribution in [0.1, 0.15) is 32.1 Å². The molecule has 0 spiro atoms. The quantitative estimate of drug-likeness (QED) is 0.718. The number of aliphatic hydroxyl groups is 1. The van der Waals surface area contributed by atoms with E-state index in [4.69, 9.17) is 0 Å². The smallest absolute Gasteiger partial charge is 0.178 e. The van der Waals surface area contributed by atoms with E-state index in [1.165, 1.54) is 6.08 Å². The predicted molar refractivity (Wildman–Crippen MR) is 59.8 cm³/mol. The van der Waals surface area contributed by atoms with Crippen molar-refractivity contribution in [3.05, 3.63) is 24.3 Å². The van der Waals surface area contributed by atoms with Gasteiger partial charge in [-0.15, -0.1) is 0 Å². The van der Waals surface area contributed by atoms with Gasteiger partial charge in [-0.05, 0) is 18.9 Å². The predicted octanol–water partition coefficient (Wildman–Crippen LogP) is 1.56. The number of rotatable bonds is 2. The minimum absolute atomic E-state index is 0.216. The molecule has 0 bridgehead atoms. The first-order valence-corrected chi connectivity index (χ1v) is 5.79. The first kappa shape index (κ1) is 11.3. The van der Waals surface area contributed by atoms with Crippen molar-refractivity contribution in [3.8, 4) is 0 Å². The average Bonchev–Trinajstić information content (AvgIpc) is 2.30. The lowest BCUT2D eigenvalue weighted by atomic mass is 9.76. The summed E-state index contributed by atoms with van der Waals surface area (Å²) in [6.45, 7) is 0. The number of allylic oxidation sites excluding steroid dienone is 4. The second-order valence-electron chi connectivity index (χ2n) is 4.58. The SMILES string of the molecule is O=C1C=CC=CC1C(=O)C1(O)CCCCC1. The van der Waals surface area contributed by atoms with Crippen LogP contribution >= 0.6 is 0 Å². The Morgan fingerprint density at radius 3 is 2.56 bits per heavy atom. The van der Waals surface area contributed by atoms with Crippen molar-refractivity contribution in [2.24, 2.45) is 5.92 Å². The summed E-state index contributed by atoms with van der Waals surface area (Å²) >= 11 is 0. The van der Waals surface area contributed by atoms with Crippen LogP contribution < -0.4 is 0 Å². The van der Waals surface area contributed by atoms with Gasteiger partial charge in [-0.1, -0.05) is 37.5 Å². The van der Waals surface area contributed by atoms with Crippen LogP contribution in [0, 0.1) is 5.92 Å². The third-order valence-corrected chi connectivity index (χ3v) is 3.40. The molecule has 86 valence electrons. The van der Waals surface area contributed by atoms with Gasteiger partial charge in [-0.3, -0.25) is 9.59 Å². The average molecular weight is 220 g/mol. The molecule has 0 aromatic rings. The molecule has 0 aromatic carbocycles. The lowest BCUT2D eigenvalue weighted by Crippen LogP contribution is -2.45. The van der Waals surface area contributed by atoms with E-state index in [2.05, 4.69) is 0 Å². The van der Waals surface area contributed by atoms with E-state index < -0.39 is 11.5 Å². The first-order chi connectivity index (χ1) is 7.63. The van der Waals surface area contributed by atoms with Gasteiger partial charge < -0.3 is 5.11 Å². The summed E-state index contributed by atoms with van der Waals surface area (Å²) in [6, 6.07) is 0. The fourth-order valence-corrected chi connectivity index (χ4v) is 2.41. The van der Waals surface area contributed by atoms with E-state index in [0.29, 0.717) is 12.8 Å². The minimum Gasteiger partial charge on any atom is -0.382 e. The van der Waals surface area contributed by atoms with E-state index in [-0.39, 0.29) is 11.6 Å². The molecule has 2 rings (SSSR count). The molecule has 1 atom stereocenters. The Morgan fingerprint density at radius 2 is 1.94 bits per heavy atom. The van der Waals surface area contributed by atoms with Crippen LogP contribution in [0.15, 0.2) is 24.3 Å². The Balaban J connectivity index is 2.14. The van der Waals surface area contributed by atoms with Gasteiger partial charge in [0.15, 0.2) is 11.6 Å². The first-order valence-electron chi connectivity index (χ1n) is 5.79. The van der Waals surface area contributed by atoms with Gasteiger partial charge in [-0.2, -0.15) is 0 Å². The van der Waals surface area contributed by atoms with Crippen LogP contribution in [-0.4, -0.2) is 22.3 Å². The van der Waals surface area contributed by atoms with Crippen LogP contribution in [0.5, 0.6) is 0 Å². The number of carbonyl (C=O) groups excluding carboxylic acids is 2. The Bertz CT molecular complexity index is 359. The van der Waals surface area contributed by atoms with E-state index in [1.54, 1.807) is 18.2 Å². The molecule has 16 heavy (non-hydrogen) atoms. The maximum atomic E-state index is 12.1. The van der Waals surface area contributed by atoms with E-state index >= 15 is 0 Å². The zero-order valence-electron chi connectivity index (χ0n) is 9.19. The molecule has 1 N–H and O–H groups in total. The highest BCUT2D eigenvalue weighted by atomic mass is 16.3. The van der Waals surface area contributed by atoms with Crippen molar-refractivity contribution in [2.45, 2.75) is 37.7 Å². The maximum Gasteiger partial charge on any atom is 0.178 e. The molecule has 1 fully saturated rings. The summed E-state index contributed by atoms with van der Waals surface area (Å²) < 4.78 is 0. The zero-order chi connectivity index (χ0) is 11.6. The molecule has 0 radical (unpaired) electrons. The number of carbonyl (C=O) groups is 2. The molecule has 1 unspecified atom stereocenters. The normalized spacial score (nSPS) is 28.1. The molecular weight excluding hydrogens is 204 g/mol. The van der Waals surface area contributed by atoms with Gasteiger partial charge in [0.2, 0.25) is 0 Å². The zero-order valence-corrected chi connectivity index (χ0v) is 9.19. The summed E-state index contributed by atoms with van der Waals surface area (Å²) in [5.74, 6) is -1.31. The molecular formula is C13H16O3. The molecule has 1 saturated carbocycles. The monoisotopic (exact) mass is 220 g/mol. The van der Waals surface area contributed by atoms with E-state index in [9.17, 15) is 14.7 Å². The Hall–Kier alpha value is -1.22. The summed E-state index contributed by atoms with van der Waals surface area (Å²) in [5, 5.41) is 10.3. The van der Waals surface area contributed by atoms with Crippen LogP contribution in [0.25, 0.3) is 0 Å². The number of hydrogen-bond donors (Lipinski definition) is 1. The van der Waals surface area contributed by atoms with Crippen LogP contribution in [0.4, 0.5) is 0 Å². The highest BCUT2D eigenvalue weighted by molar-refractivity contribution is 6.12. The van der Waals surface area contributed by atoms with Crippen molar-refractivity contribution in [1.82, 2.24) is 0 Å². The van der Waals surface area contributed by atoms with Crippen molar-refractivity contribution in [2.75, 3.05) is 0 Å². The molecule has 0 aliphatic heterocycles. The number of hydrogen-bond acceptors (Lipinski definition) is 3. The standard InChI is InChI=1S/C13H16O3/c14-11-7-3-2-6-10(11)12(15)13(16)8-4-1-5-9-13/h2-3,6-7,10,16H,1,4-5,8-9H2. The van der Waals surface area contributed by atoms with Crippen molar-refractivity contribution >= 4 is 11.6 Å². The third kappa shape index (κ3) is 2.00. The molecule has 3 nitrogen and oxygen atoms in total. The highest BCUT2D eigenvalue weighted by Gasteiger charge is 2.42. The Kier molecular flexibility index (Phi) is 3.06. The van der Waals surface area contributed by atoms with Gasteiger partial charge in [0, 0.05) is 0 Å². The van der Waals surface area contributed by atoms with Crippen molar-refractivity contribution in [1.29, 1.82) is 0 Å². The molecule has 0 aromatic heterocycles. The maximum absolute atomic E-state index is 12.1. The molecule has 0 saturated heterocycles. The van der Waals surface area contributed by atoms with Gasteiger partial charge >= 0.3 is 0 Å². The molecule has 0 amide bonds. The fourth-order valence-electron chi connectivity index (χ4n) is 2.41. The van der Waals surface area contributed by atoms with Gasteiger partial charge in [-0.25, -0.2) is 0 Å². The van der Waals surface area contributed by atoms with Crippen molar-refractivity contribution in [3.63, 3.8) is 0 Å². The van der Waals surface area contributed by atoms with Gasteiger partial charge in [0.05, 0.1) is 0 Å². The second-order valence-corrected chi connectivity index (χ2v) is 4.58. The fraction of sp³-hybridized carbons (Fsp3) is 0.538. The minimum atomic E-state index is -1.27. The van der Waals surface area contributed by atoms with Gasteiger partial charge in [0.25, 0.3) is 0 Å². The molecule has 0 heterocycles. The third-order valence-electron chi connectivity index (χ3n) is 3.40. The van der Waals surface area contributed by atoms with Crippen LogP contribution in [0.2, 0.25) is 0 Å². The van der Waals surface area contributed by atoms with Crippen LogP contribution in [0.3, 0.4) is 0 Å². The molecule has 2 aliphatic rings. The number of Topliss-reactive ketones (excluding diaryl/α,β-unsaturated/α-hetero) is 1. The lowest BCUT2D eigenvalue weighted by Gasteiger charge is -2.32. The Labute approximate surface area is 94.8 Å².